The molecule has 1 atom stereocenters. The first-order chi connectivity index (χ1) is 6.72. The molecular formula is C11H23NO3. The summed E-state index contributed by atoms with van der Waals surface area (Å²) in [4.78, 5) is 13.4. The van der Waals surface area contributed by atoms with Crippen LogP contribution < -0.4 is 0 Å². The van der Waals surface area contributed by atoms with Gasteiger partial charge in [0.15, 0.2) is 0 Å². The number of nitrogens with zero attached hydrogens (tertiary/aromatic N) is 1. The minimum absolute atomic E-state index is 0.0463. The van der Waals surface area contributed by atoms with Gasteiger partial charge in [-0.25, -0.2) is 0 Å². The summed E-state index contributed by atoms with van der Waals surface area (Å²) in [7, 11) is 0. The smallest absolute Gasteiger partial charge is 0.225 e. The van der Waals surface area contributed by atoms with Crippen molar-refractivity contribution in [3.8, 4) is 0 Å². The van der Waals surface area contributed by atoms with Crippen LogP contribution in [0.1, 0.15) is 34.6 Å². The largest absolute Gasteiger partial charge is 0.394 e. The maximum atomic E-state index is 11.9. The van der Waals surface area contributed by atoms with Gasteiger partial charge in [0.2, 0.25) is 5.91 Å². The van der Waals surface area contributed by atoms with Gasteiger partial charge in [-0.2, -0.15) is 0 Å². The Hall–Kier alpha value is -0.610. The number of amides is 1. The Kier molecular flexibility index (Phi) is 5.24. The fourth-order valence-corrected chi connectivity index (χ4v) is 1.30. The Morgan fingerprint density at radius 3 is 2.07 bits per heavy atom. The summed E-state index contributed by atoms with van der Waals surface area (Å²) >= 11 is 0. The van der Waals surface area contributed by atoms with Crippen molar-refractivity contribution in [2.75, 3.05) is 13.2 Å². The molecule has 0 bridgehead atoms. The lowest BCUT2D eigenvalue weighted by Crippen LogP contribution is -2.53. The van der Waals surface area contributed by atoms with Crippen LogP contribution in [0, 0.1) is 5.92 Å². The average molecular weight is 217 g/mol. The van der Waals surface area contributed by atoms with Gasteiger partial charge in [-0.05, 0) is 20.8 Å². The molecule has 15 heavy (non-hydrogen) atoms. The zero-order valence-corrected chi connectivity index (χ0v) is 10.3. The van der Waals surface area contributed by atoms with E-state index in [1.807, 2.05) is 13.8 Å². The highest BCUT2D eigenvalue weighted by Gasteiger charge is 2.32. The maximum absolute atomic E-state index is 11.9. The fraction of sp³-hybridized carbons (Fsp3) is 0.909. The zero-order valence-electron chi connectivity index (χ0n) is 10.3. The summed E-state index contributed by atoms with van der Waals surface area (Å²) in [5, 5.41) is 18.6. The molecule has 0 rings (SSSR count). The monoisotopic (exact) mass is 217 g/mol. The molecule has 1 amide bonds. The van der Waals surface area contributed by atoms with Gasteiger partial charge in [-0.1, -0.05) is 13.8 Å². The summed E-state index contributed by atoms with van der Waals surface area (Å²) in [5.41, 5.74) is -0.627. The van der Waals surface area contributed by atoms with Crippen LogP contribution in [0.15, 0.2) is 0 Å². The second-order valence-electron chi connectivity index (χ2n) is 4.92. The lowest BCUT2D eigenvalue weighted by atomic mass is 10.0. The molecule has 0 aromatic carbocycles. The summed E-state index contributed by atoms with van der Waals surface area (Å²) < 4.78 is 0. The van der Waals surface area contributed by atoms with Crippen LogP contribution in [-0.2, 0) is 4.79 Å². The predicted octanol–water partition coefficient (Wildman–Crippen LogP) is 0.623. The second-order valence-corrected chi connectivity index (χ2v) is 4.92. The molecule has 0 aliphatic carbocycles. The Morgan fingerprint density at radius 1 is 1.33 bits per heavy atom. The summed E-state index contributed by atoms with van der Waals surface area (Å²) in [6, 6.07) is 0. The minimum Gasteiger partial charge on any atom is -0.394 e. The molecule has 4 nitrogen and oxygen atoms in total. The van der Waals surface area contributed by atoms with E-state index < -0.39 is 11.6 Å². The maximum Gasteiger partial charge on any atom is 0.225 e. The van der Waals surface area contributed by atoms with Gasteiger partial charge in [-0.15, -0.1) is 0 Å². The average Bonchev–Trinajstić information content (AvgIpc) is 2.12. The van der Waals surface area contributed by atoms with E-state index in [1.165, 1.54) is 0 Å². The normalized spacial score (nSPS) is 14.1. The molecule has 0 aliphatic rings. The predicted molar refractivity (Wildman–Crippen MR) is 59.4 cm³/mol. The minimum atomic E-state index is -0.627. The molecule has 0 spiro atoms. The highest BCUT2D eigenvalue weighted by Crippen LogP contribution is 2.17. The van der Waals surface area contributed by atoms with E-state index in [9.17, 15) is 15.0 Å². The summed E-state index contributed by atoms with van der Waals surface area (Å²) in [6.07, 6.45) is -0.585. The van der Waals surface area contributed by atoms with E-state index in [4.69, 9.17) is 0 Å². The third kappa shape index (κ3) is 4.18. The first-order valence-corrected chi connectivity index (χ1v) is 5.32. The molecule has 0 saturated carbocycles. The third-order valence-corrected chi connectivity index (χ3v) is 2.32. The van der Waals surface area contributed by atoms with Gasteiger partial charge in [0.25, 0.3) is 0 Å². The zero-order chi connectivity index (χ0) is 12.2. The van der Waals surface area contributed by atoms with Crippen LogP contribution in [0.5, 0.6) is 0 Å². The van der Waals surface area contributed by atoms with Crippen molar-refractivity contribution in [1.82, 2.24) is 4.90 Å². The molecule has 90 valence electrons. The molecule has 0 aromatic rings. The van der Waals surface area contributed by atoms with Gasteiger partial charge in [0, 0.05) is 12.5 Å². The van der Waals surface area contributed by atoms with Crippen LogP contribution in [0.3, 0.4) is 0 Å². The number of aliphatic hydroxyl groups is 2. The van der Waals surface area contributed by atoms with Crippen LogP contribution in [-0.4, -0.2) is 45.8 Å². The van der Waals surface area contributed by atoms with Crippen molar-refractivity contribution < 1.29 is 15.0 Å². The van der Waals surface area contributed by atoms with Crippen LogP contribution in [0.4, 0.5) is 0 Å². The van der Waals surface area contributed by atoms with Crippen LogP contribution in [0.25, 0.3) is 0 Å². The van der Waals surface area contributed by atoms with E-state index in [1.54, 1.807) is 25.7 Å². The van der Waals surface area contributed by atoms with E-state index in [0.717, 1.165) is 0 Å². The molecule has 0 aromatic heterocycles. The van der Waals surface area contributed by atoms with Gasteiger partial charge < -0.3 is 15.1 Å². The standard InChI is InChI=1S/C11H23NO3/c1-8(2)10(15)12(6-9(3)14)11(4,5)7-13/h8-9,13-14H,6-7H2,1-5H3. The Labute approximate surface area is 91.9 Å². The summed E-state index contributed by atoms with van der Waals surface area (Å²) in [5.74, 6) is -0.176. The number of hydrogen-bond acceptors (Lipinski definition) is 3. The van der Waals surface area contributed by atoms with E-state index in [-0.39, 0.29) is 25.0 Å². The molecule has 4 heteroatoms. The number of hydrogen-bond donors (Lipinski definition) is 2. The van der Waals surface area contributed by atoms with Gasteiger partial charge >= 0.3 is 0 Å². The molecule has 2 N–H and O–H groups in total. The van der Waals surface area contributed by atoms with E-state index >= 15 is 0 Å². The molecule has 0 aliphatic heterocycles. The summed E-state index contributed by atoms with van der Waals surface area (Å²) in [6.45, 7) is 8.97. The molecule has 0 fully saturated rings. The number of carbonyl (C=O) groups excluding carboxylic acids is 1. The van der Waals surface area contributed by atoms with Crippen molar-refractivity contribution in [2.24, 2.45) is 5.92 Å². The van der Waals surface area contributed by atoms with Crippen LogP contribution >= 0.6 is 0 Å². The Bertz CT molecular complexity index is 212. The first-order valence-electron chi connectivity index (χ1n) is 5.32. The third-order valence-electron chi connectivity index (χ3n) is 2.32. The number of aliphatic hydroxyl groups excluding tert-OH is 2. The first kappa shape index (κ1) is 14.4. The van der Waals surface area contributed by atoms with Gasteiger partial charge in [-0.3, -0.25) is 4.79 Å². The van der Waals surface area contributed by atoms with Crippen molar-refractivity contribution in [1.29, 1.82) is 0 Å². The number of β-amino-alcohol motifs (C(OH)–C–C–N with tert-alkyl or cyclic N) is 1. The van der Waals surface area contributed by atoms with Gasteiger partial charge in [0.05, 0.1) is 18.2 Å². The van der Waals surface area contributed by atoms with Crippen molar-refractivity contribution in [3.63, 3.8) is 0 Å². The SMILES string of the molecule is CC(O)CN(C(=O)C(C)C)C(C)(C)CO. The van der Waals surface area contributed by atoms with Crippen LogP contribution in [0.2, 0.25) is 0 Å². The van der Waals surface area contributed by atoms with Crippen molar-refractivity contribution in [3.05, 3.63) is 0 Å². The Morgan fingerprint density at radius 2 is 1.80 bits per heavy atom. The van der Waals surface area contributed by atoms with E-state index in [0.29, 0.717) is 0 Å². The molecule has 0 saturated heterocycles. The lowest BCUT2D eigenvalue weighted by molar-refractivity contribution is -0.143. The van der Waals surface area contributed by atoms with Crippen molar-refractivity contribution in [2.45, 2.75) is 46.3 Å². The topological polar surface area (TPSA) is 60.8 Å². The van der Waals surface area contributed by atoms with Gasteiger partial charge in [0.1, 0.15) is 0 Å². The quantitative estimate of drug-likeness (QED) is 0.710. The number of rotatable bonds is 5. The lowest BCUT2D eigenvalue weighted by Gasteiger charge is -2.39. The number of carbonyl (C=O) groups is 1. The second kappa shape index (κ2) is 5.47. The highest BCUT2D eigenvalue weighted by atomic mass is 16.3. The van der Waals surface area contributed by atoms with E-state index in [2.05, 4.69) is 0 Å². The fourth-order valence-electron chi connectivity index (χ4n) is 1.30. The molecule has 1 unspecified atom stereocenters. The molecule has 0 heterocycles. The van der Waals surface area contributed by atoms with Crippen molar-refractivity contribution >= 4 is 5.91 Å². The molecular weight excluding hydrogens is 194 g/mol. The molecule has 0 radical (unpaired) electrons. The highest BCUT2D eigenvalue weighted by molar-refractivity contribution is 5.78. The Balaban J connectivity index is 4.81.